The lowest BCUT2D eigenvalue weighted by Crippen LogP contribution is -2.18. The SMILES string of the molecule is COC(=O)c1ccc(Br)c(C=O)c1.COC(=O)c1ccc(Br)c([C@@H](O)C(C)(C)C)c1.COC(=O)c1ccc(Br)c([C@H](O)C(C)(C)C)c1. The van der Waals surface area contributed by atoms with Gasteiger partial charge in [-0.25, -0.2) is 14.4 Å². The zero-order valence-corrected chi connectivity index (χ0v) is 32.6. The molecule has 3 rings (SSSR count). The van der Waals surface area contributed by atoms with Gasteiger partial charge in [0.05, 0.1) is 50.2 Å². The Morgan fingerprint density at radius 1 is 0.596 bits per heavy atom. The highest BCUT2D eigenvalue weighted by Gasteiger charge is 2.27. The molecule has 2 atom stereocenters. The Morgan fingerprint density at radius 3 is 1.17 bits per heavy atom. The van der Waals surface area contributed by atoms with Crippen molar-refractivity contribution in [1.82, 2.24) is 0 Å². The summed E-state index contributed by atoms with van der Waals surface area (Å²) in [6.45, 7) is 11.6. The van der Waals surface area contributed by atoms with E-state index < -0.39 is 30.1 Å². The second-order valence-corrected chi connectivity index (χ2v) is 14.9. The molecule has 0 aliphatic heterocycles. The molecule has 2 N–H and O–H groups in total. The molecule has 0 heterocycles. The molecular weight excluding hydrogens is 804 g/mol. The maximum absolute atomic E-state index is 11.4. The molecule has 0 bridgehead atoms. The Kier molecular flexibility index (Phi) is 16.7. The van der Waals surface area contributed by atoms with E-state index in [4.69, 9.17) is 0 Å². The number of methoxy groups -OCH3 is 3. The van der Waals surface area contributed by atoms with Gasteiger partial charge in [-0.1, -0.05) is 89.3 Å². The van der Waals surface area contributed by atoms with E-state index >= 15 is 0 Å². The van der Waals surface area contributed by atoms with Gasteiger partial charge in [-0.3, -0.25) is 4.79 Å². The maximum Gasteiger partial charge on any atom is 0.337 e. The van der Waals surface area contributed by atoms with Gasteiger partial charge >= 0.3 is 17.9 Å². The highest BCUT2D eigenvalue weighted by Crippen LogP contribution is 2.38. The molecule has 12 heteroatoms. The van der Waals surface area contributed by atoms with Crippen LogP contribution in [0.4, 0.5) is 0 Å². The third kappa shape index (κ3) is 12.6. The minimum Gasteiger partial charge on any atom is -0.465 e. The quantitative estimate of drug-likeness (QED) is 0.142. The number of carbonyl (C=O) groups excluding carboxylic acids is 4. The van der Waals surface area contributed by atoms with Gasteiger partial charge in [0, 0.05) is 19.0 Å². The van der Waals surface area contributed by atoms with Gasteiger partial charge in [-0.05, 0) is 76.6 Å². The monoisotopic (exact) mass is 842 g/mol. The summed E-state index contributed by atoms with van der Waals surface area (Å²) in [5.74, 6) is -1.25. The molecular formula is C35H41Br3O9. The fourth-order valence-corrected chi connectivity index (χ4v) is 5.08. The van der Waals surface area contributed by atoms with Crippen LogP contribution in [0.5, 0.6) is 0 Å². The lowest BCUT2D eigenvalue weighted by molar-refractivity contribution is 0.0577. The van der Waals surface area contributed by atoms with Gasteiger partial charge in [0.15, 0.2) is 6.29 Å². The van der Waals surface area contributed by atoms with Crippen LogP contribution in [0.15, 0.2) is 68.0 Å². The minimum absolute atomic E-state index is 0.294. The van der Waals surface area contributed by atoms with Crippen molar-refractivity contribution < 1.29 is 43.6 Å². The van der Waals surface area contributed by atoms with Crippen LogP contribution in [0.25, 0.3) is 0 Å². The summed E-state index contributed by atoms with van der Waals surface area (Å²) in [4.78, 5) is 44.4. The summed E-state index contributed by atoms with van der Waals surface area (Å²) in [6.07, 6.45) is -0.626. The van der Waals surface area contributed by atoms with Crippen molar-refractivity contribution in [2.24, 2.45) is 10.8 Å². The molecule has 9 nitrogen and oxygen atoms in total. The van der Waals surface area contributed by atoms with Crippen molar-refractivity contribution in [3.8, 4) is 0 Å². The normalized spacial score (nSPS) is 12.2. The zero-order chi connectivity index (χ0) is 36.3. The predicted molar refractivity (Wildman–Crippen MR) is 191 cm³/mol. The van der Waals surface area contributed by atoms with E-state index in [-0.39, 0.29) is 10.8 Å². The van der Waals surface area contributed by atoms with Crippen molar-refractivity contribution in [2.45, 2.75) is 53.8 Å². The molecule has 0 aliphatic carbocycles. The summed E-state index contributed by atoms with van der Waals surface area (Å²) >= 11 is 9.94. The standard InChI is InChI=1S/2C13H17BrO3.C9H7BrO3/c2*1-13(2,3)11(15)9-7-8(12(16)17-4)5-6-10(9)14;1-13-9(12)6-2-3-8(10)7(4-6)5-11/h2*5-7,11,15H,1-4H3;2-5H,1H3/t2*11-;/m10./s1. The Labute approximate surface area is 301 Å². The lowest BCUT2D eigenvalue weighted by Gasteiger charge is -2.27. The summed E-state index contributed by atoms with van der Waals surface area (Å²) in [5.41, 5.74) is 2.48. The smallest absolute Gasteiger partial charge is 0.337 e. The van der Waals surface area contributed by atoms with Crippen LogP contribution in [0.3, 0.4) is 0 Å². The first kappa shape index (κ1) is 42.1. The number of ether oxygens (including phenoxy) is 3. The van der Waals surface area contributed by atoms with E-state index in [2.05, 4.69) is 62.0 Å². The average molecular weight is 845 g/mol. The first-order valence-electron chi connectivity index (χ1n) is 14.2. The van der Waals surface area contributed by atoms with Crippen molar-refractivity contribution in [3.63, 3.8) is 0 Å². The molecule has 0 saturated heterocycles. The molecule has 0 saturated carbocycles. The number of rotatable bonds is 6. The van der Waals surface area contributed by atoms with Crippen LogP contribution in [0, 0.1) is 10.8 Å². The van der Waals surface area contributed by atoms with Crippen LogP contribution < -0.4 is 0 Å². The van der Waals surface area contributed by atoms with Crippen LogP contribution in [0.2, 0.25) is 0 Å². The van der Waals surface area contributed by atoms with Crippen LogP contribution >= 0.6 is 47.8 Å². The maximum atomic E-state index is 11.4. The van der Waals surface area contributed by atoms with Gasteiger partial charge in [0.1, 0.15) is 0 Å². The van der Waals surface area contributed by atoms with E-state index in [9.17, 15) is 29.4 Å². The molecule has 3 aromatic carbocycles. The molecule has 256 valence electrons. The van der Waals surface area contributed by atoms with Crippen molar-refractivity contribution in [3.05, 3.63) is 101 Å². The third-order valence-electron chi connectivity index (χ3n) is 6.61. The Morgan fingerprint density at radius 2 is 0.894 bits per heavy atom. The second kappa shape index (κ2) is 18.6. The van der Waals surface area contributed by atoms with Gasteiger partial charge in [0.25, 0.3) is 0 Å². The molecule has 0 spiro atoms. The van der Waals surface area contributed by atoms with Gasteiger partial charge in [-0.15, -0.1) is 0 Å². The zero-order valence-electron chi connectivity index (χ0n) is 27.8. The van der Waals surface area contributed by atoms with Crippen molar-refractivity contribution in [1.29, 1.82) is 0 Å². The number of benzene rings is 3. The Bertz CT molecular complexity index is 1480. The molecule has 47 heavy (non-hydrogen) atoms. The number of esters is 3. The van der Waals surface area contributed by atoms with E-state index in [1.54, 1.807) is 48.5 Å². The number of hydrogen-bond acceptors (Lipinski definition) is 9. The van der Waals surface area contributed by atoms with Crippen LogP contribution in [0.1, 0.15) is 106 Å². The minimum atomic E-state index is -0.651. The Hall–Kier alpha value is -2.90. The molecule has 3 aromatic rings. The van der Waals surface area contributed by atoms with E-state index in [0.717, 1.165) is 8.95 Å². The fraction of sp³-hybridized carbons (Fsp3) is 0.371. The first-order valence-corrected chi connectivity index (χ1v) is 16.6. The highest BCUT2D eigenvalue weighted by atomic mass is 79.9. The number of aliphatic hydroxyl groups excluding tert-OH is 2. The molecule has 0 unspecified atom stereocenters. The van der Waals surface area contributed by atoms with Gasteiger partial charge in [-0.2, -0.15) is 0 Å². The topological polar surface area (TPSA) is 136 Å². The summed E-state index contributed by atoms with van der Waals surface area (Å²) in [6, 6.07) is 14.8. The summed E-state index contributed by atoms with van der Waals surface area (Å²) < 4.78 is 16.1. The largest absolute Gasteiger partial charge is 0.465 e. The predicted octanol–water partition coefficient (Wildman–Crippen LogP) is 8.68. The molecule has 0 fully saturated rings. The van der Waals surface area contributed by atoms with Crippen molar-refractivity contribution in [2.75, 3.05) is 21.3 Å². The number of aliphatic hydroxyl groups is 2. The summed E-state index contributed by atoms with van der Waals surface area (Å²) in [7, 11) is 3.97. The van der Waals surface area contributed by atoms with Crippen LogP contribution in [-0.2, 0) is 14.2 Å². The van der Waals surface area contributed by atoms with E-state index in [1.165, 1.54) is 27.4 Å². The van der Waals surface area contributed by atoms with Gasteiger partial charge < -0.3 is 24.4 Å². The second-order valence-electron chi connectivity index (χ2n) is 12.3. The lowest BCUT2D eigenvalue weighted by atomic mass is 9.84. The number of halogens is 3. The molecule has 0 amide bonds. The molecule has 0 radical (unpaired) electrons. The van der Waals surface area contributed by atoms with Crippen LogP contribution in [-0.4, -0.2) is 55.7 Å². The van der Waals surface area contributed by atoms with E-state index in [1.807, 2.05) is 41.5 Å². The fourth-order valence-electron chi connectivity index (χ4n) is 3.81. The summed E-state index contributed by atoms with van der Waals surface area (Å²) in [5, 5.41) is 20.5. The Balaban J connectivity index is 0.000000356. The average Bonchev–Trinajstić information content (AvgIpc) is 3.03. The van der Waals surface area contributed by atoms with E-state index in [0.29, 0.717) is 44.1 Å². The first-order chi connectivity index (χ1) is 21.7. The number of carbonyl (C=O) groups is 4. The molecule has 0 aromatic heterocycles. The number of aldehydes is 1. The molecule has 0 aliphatic rings. The highest BCUT2D eigenvalue weighted by molar-refractivity contribution is 9.11. The van der Waals surface area contributed by atoms with Crippen molar-refractivity contribution >= 4 is 72.0 Å². The number of hydrogen-bond donors (Lipinski definition) is 2. The van der Waals surface area contributed by atoms with Gasteiger partial charge in [0.2, 0.25) is 0 Å². The third-order valence-corrected chi connectivity index (χ3v) is 8.77.